The first-order valence-electron chi connectivity index (χ1n) is 8.36. The molecule has 1 N–H and O–H groups in total. The maximum atomic E-state index is 11.3. The summed E-state index contributed by atoms with van der Waals surface area (Å²) in [7, 11) is -0.496. The third-order valence-corrected chi connectivity index (χ3v) is 4.60. The molecule has 1 saturated heterocycles. The van der Waals surface area contributed by atoms with E-state index < -0.39 is 18.3 Å². The van der Waals surface area contributed by atoms with Crippen LogP contribution in [0.15, 0.2) is 17.9 Å². The van der Waals surface area contributed by atoms with Gasteiger partial charge >= 0.3 is 7.12 Å². The lowest BCUT2D eigenvalue weighted by Gasteiger charge is -2.32. The van der Waals surface area contributed by atoms with Crippen molar-refractivity contribution < 1.29 is 14.1 Å². The molecule has 6 nitrogen and oxygen atoms in total. The van der Waals surface area contributed by atoms with Gasteiger partial charge < -0.3 is 14.6 Å². The van der Waals surface area contributed by atoms with Crippen LogP contribution in [0.4, 0.5) is 0 Å². The SMILES string of the molecule is CC(=O)NCC(=Cc1cnn(C(C)C)c1)B1OC(C)(C)C(C)(C)O1. The smallest absolute Gasteiger partial charge is 0.400 e. The summed E-state index contributed by atoms with van der Waals surface area (Å²) in [5, 5.41) is 7.18. The third kappa shape index (κ3) is 4.08. The Morgan fingerprint density at radius 3 is 2.38 bits per heavy atom. The van der Waals surface area contributed by atoms with Gasteiger partial charge in [0.2, 0.25) is 5.91 Å². The van der Waals surface area contributed by atoms with Crippen LogP contribution in [0.2, 0.25) is 0 Å². The normalized spacial score (nSPS) is 19.8. The number of hydrogen-bond acceptors (Lipinski definition) is 4. The summed E-state index contributed by atoms with van der Waals surface area (Å²) in [6.45, 7) is 14.1. The van der Waals surface area contributed by atoms with Crippen molar-refractivity contribution in [3.63, 3.8) is 0 Å². The first-order chi connectivity index (χ1) is 11.0. The van der Waals surface area contributed by atoms with E-state index in [0.717, 1.165) is 11.0 Å². The van der Waals surface area contributed by atoms with Gasteiger partial charge in [0.05, 0.1) is 17.4 Å². The van der Waals surface area contributed by atoms with E-state index in [-0.39, 0.29) is 5.91 Å². The minimum absolute atomic E-state index is 0.0877. The lowest BCUT2D eigenvalue weighted by atomic mass is 9.77. The van der Waals surface area contributed by atoms with E-state index in [0.29, 0.717) is 12.6 Å². The molecule has 132 valence electrons. The molecule has 0 saturated carbocycles. The summed E-state index contributed by atoms with van der Waals surface area (Å²) < 4.78 is 14.1. The fourth-order valence-corrected chi connectivity index (χ4v) is 2.35. The molecule has 1 aromatic rings. The summed E-state index contributed by atoms with van der Waals surface area (Å²) in [5.41, 5.74) is 0.982. The van der Waals surface area contributed by atoms with Crippen LogP contribution in [-0.4, -0.2) is 40.6 Å². The number of nitrogens with zero attached hydrogens (tertiary/aromatic N) is 2. The molecule has 2 rings (SSSR count). The zero-order valence-corrected chi connectivity index (χ0v) is 15.7. The van der Waals surface area contributed by atoms with Crippen molar-refractivity contribution >= 4 is 19.1 Å². The van der Waals surface area contributed by atoms with Crippen LogP contribution in [0.1, 0.15) is 60.1 Å². The van der Waals surface area contributed by atoms with Gasteiger partial charge in [-0.25, -0.2) is 0 Å². The van der Waals surface area contributed by atoms with E-state index in [1.165, 1.54) is 6.92 Å². The fourth-order valence-electron chi connectivity index (χ4n) is 2.35. The number of rotatable bonds is 5. The average molecular weight is 333 g/mol. The van der Waals surface area contributed by atoms with Crippen molar-refractivity contribution in [2.24, 2.45) is 0 Å². The maximum absolute atomic E-state index is 11.3. The maximum Gasteiger partial charge on any atom is 0.492 e. The fraction of sp³-hybridized carbons (Fsp3) is 0.647. The van der Waals surface area contributed by atoms with Gasteiger partial charge in [0.1, 0.15) is 0 Å². The van der Waals surface area contributed by atoms with Crippen LogP contribution in [0, 0.1) is 0 Å². The molecule has 0 aromatic carbocycles. The molecule has 0 aliphatic carbocycles. The molecule has 0 radical (unpaired) electrons. The van der Waals surface area contributed by atoms with Gasteiger partial charge in [0.15, 0.2) is 0 Å². The minimum Gasteiger partial charge on any atom is -0.400 e. The van der Waals surface area contributed by atoms with Crippen molar-refractivity contribution in [2.45, 2.75) is 65.7 Å². The second-order valence-electron chi connectivity index (χ2n) is 7.56. The number of carbonyl (C=O) groups excluding carboxylic acids is 1. The second-order valence-corrected chi connectivity index (χ2v) is 7.56. The summed E-state index contributed by atoms with van der Waals surface area (Å²) in [6, 6.07) is 0.294. The molecule has 1 fully saturated rings. The first kappa shape index (κ1) is 18.7. The Labute approximate surface area is 144 Å². The van der Waals surface area contributed by atoms with E-state index in [1.54, 1.807) is 6.20 Å². The quantitative estimate of drug-likeness (QED) is 0.841. The van der Waals surface area contributed by atoms with Gasteiger partial charge in [0.25, 0.3) is 0 Å². The Hall–Kier alpha value is -1.60. The third-order valence-electron chi connectivity index (χ3n) is 4.60. The predicted molar refractivity (Wildman–Crippen MR) is 95.4 cm³/mol. The van der Waals surface area contributed by atoms with Crippen molar-refractivity contribution in [3.8, 4) is 0 Å². The molecule has 24 heavy (non-hydrogen) atoms. The highest BCUT2D eigenvalue weighted by atomic mass is 16.7. The highest BCUT2D eigenvalue weighted by molar-refractivity contribution is 6.56. The van der Waals surface area contributed by atoms with Crippen molar-refractivity contribution in [1.29, 1.82) is 0 Å². The molecule has 1 aliphatic heterocycles. The molecular formula is C17H28BN3O3. The number of amides is 1. The molecule has 1 amide bonds. The summed E-state index contributed by atoms with van der Waals surface area (Å²) in [4.78, 5) is 11.3. The van der Waals surface area contributed by atoms with Crippen molar-refractivity contribution in [1.82, 2.24) is 15.1 Å². The zero-order chi connectivity index (χ0) is 18.1. The Kier molecular flexibility index (Phi) is 5.25. The van der Waals surface area contributed by atoms with Crippen LogP contribution in [-0.2, 0) is 14.1 Å². The standard InChI is InChI=1S/C17H28BN3O3/c1-12(2)21-11-14(9-20-21)8-15(10-19-13(3)22)18-23-16(4,5)17(6,7)24-18/h8-9,11-12H,10H2,1-7H3,(H,19,22). The number of aromatic nitrogens is 2. The van der Waals surface area contributed by atoms with Gasteiger partial charge in [-0.2, -0.15) is 5.10 Å². The van der Waals surface area contributed by atoms with Crippen LogP contribution in [0.5, 0.6) is 0 Å². The van der Waals surface area contributed by atoms with E-state index in [9.17, 15) is 4.79 Å². The predicted octanol–water partition coefficient (Wildman–Crippen LogP) is 2.61. The molecular weight excluding hydrogens is 305 g/mol. The van der Waals surface area contributed by atoms with Crippen molar-refractivity contribution in [2.75, 3.05) is 6.54 Å². The first-order valence-corrected chi connectivity index (χ1v) is 8.36. The lowest BCUT2D eigenvalue weighted by Crippen LogP contribution is -2.41. The largest absolute Gasteiger partial charge is 0.492 e. The second kappa shape index (κ2) is 6.72. The van der Waals surface area contributed by atoms with E-state index in [1.807, 2.05) is 44.6 Å². The molecule has 0 bridgehead atoms. The zero-order valence-electron chi connectivity index (χ0n) is 15.7. The van der Waals surface area contributed by atoms with E-state index >= 15 is 0 Å². The van der Waals surface area contributed by atoms with Gasteiger partial charge in [-0.3, -0.25) is 9.48 Å². The Bertz CT molecular complexity index is 619. The van der Waals surface area contributed by atoms with Crippen LogP contribution in [0.3, 0.4) is 0 Å². The lowest BCUT2D eigenvalue weighted by molar-refractivity contribution is -0.118. The van der Waals surface area contributed by atoms with Gasteiger partial charge in [-0.1, -0.05) is 6.08 Å². The summed E-state index contributed by atoms with van der Waals surface area (Å²) >= 11 is 0. The van der Waals surface area contributed by atoms with Crippen LogP contribution >= 0.6 is 0 Å². The van der Waals surface area contributed by atoms with Crippen molar-refractivity contribution in [3.05, 3.63) is 23.4 Å². The van der Waals surface area contributed by atoms with Crippen LogP contribution in [0.25, 0.3) is 6.08 Å². The molecule has 1 aromatic heterocycles. The van der Waals surface area contributed by atoms with Crippen LogP contribution < -0.4 is 5.32 Å². The summed E-state index contributed by atoms with van der Waals surface area (Å²) in [6.07, 6.45) is 5.76. The molecule has 0 unspecified atom stereocenters. The minimum atomic E-state index is -0.496. The number of nitrogens with one attached hydrogen (secondary N) is 1. The molecule has 1 aliphatic rings. The molecule has 0 atom stereocenters. The molecule has 2 heterocycles. The van der Waals surface area contributed by atoms with Gasteiger partial charge in [0, 0.05) is 31.3 Å². The Morgan fingerprint density at radius 2 is 1.92 bits per heavy atom. The topological polar surface area (TPSA) is 65.4 Å². The Morgan fingerprint density at radius 1 is 1.33 bits per heavy atom. The number of carbonyl (C=O) groups is 1. The highest BCUT2D eigenvalue weighted by Crippen LogP contribution is 2.38. The Balaban J connectivity index is 2.27. The van der Waals surface area contributed by atoms with Gasteiger partial charge in [-0.15, -0.1) is 0 Å². The highest BCUT2D eigenvalue weighted by Gasteiger charge is 2.52. The van der Waals surface area contributed by atoms with E-state index in [4.69, 9.17) is 9.31 Å². The molecule has 7 heteroatoms. The summed E-state index contributed by atoms with van der Waals surface area (Å²) in [5.74, 6) is -0.0877. The van der Waals surface area contributed by atoms with Gasteiger partial charge in [-0.05, 0) is 47.0 Å². The number of hydrogen-bond donors (Lipinski definition) is 1. The monoisotopic (exact) mass is 333 g/mol. The molecule has 0 spiro atoms. The van der Waals surface area contributed by atoms with E-state index in [2.05, 4.69) is 24.3 Å². The average Bonchev–Trinajstić information content (AvgIpc) is 2.97.